The lowest BCUT2D eigenvalue weighted by molar-refractivity contribution is -0.118. The van der Waals surface area contributed by atoms with Crippen molar-refractivity contribution >= 4 is 17.4 Å². The van der Waals surface area contributed by atoms with E-state index >= 15 is 0 Å². The van der Waals surface area contributed by atoms with Gasteiger partial charge in [-0.05, 0) is 47.1 Å². The number of para-hydroxylation sites is 2. The molecule has 210 valence electrons. The first-order valence-corrected chi connectivity index (χ1v) is 15.1. The van der Waals surface area contributed by atoms with Crippen LogP contribution in [-0.4, -0.2) is 11.7 Å². The third kappa shape index (κ3) is 6.83. The number of ether oxygens (including phenoxy) is 1. The van der Waals surface area contributed by atoms with Crippen molar-refractivity contribution in [3.8, 4) is 11.5 Å². The van der Waals surface area contributed by atoms with Crippen LogP contribution in [0.5, 0.6) is 11.5 Å². The number of benzene rings is 3. The lowest BCUT2D eigenvalue weighted by atomic mass is 9.83. The molecule has 1 heterocycles. The van der Waals surface area contributed by atoms with Gasteiger partial charge in [-0.3, -0.25) is 9.59 Å². The van der Waals surface area contributed by atoms with Crippen LogP contribution in [0.15, 0.2) is 66.7 Å². The molecule has 1 aliphatic heterocycles. The summed E-state index contributed by atoms with van der Waals surface area (Å²) < 4.78 is 6.12. The molecule has 3 aromatic carbocycles. The van der Waals surface area contributed by atoms with Gasteiger partial charge in [0, 0.05) is 42.0 Å². The Bertz CT molecular complexity index is 1300. The van der Waals surface area contributed by atoms with Gasteiger partial charge >= 0.3 is 0 Å². The molecule has 1 fully saturated rings. The smallest absolute Gasteiger partial charge is 0.225 e. The van der Waals surface area contributed by atoms with Gasteiger partial charge in [0.25, 0.3) is 0 Å². The molecule has 0 spiro atoms. The Morgan fingerprint density at radius 2 is 1.52 bits per heavy atom. The van der Waals surface area contributed by atoms with Crippen LogP contribution in [0.25, 0.3) is 0 Å². The fourth-order valence-corrected chi connectivity index (χ4v) is 6.45. The van der Waals surface area contributed by atoms with Gasteiger partial charge in [0.2, 0.25) is 5.91 Å². The summed E-state index contributed by atoms with van der Waals surface area (Å²) in [6.07, 6.45) is 10.3. The van der Waals surface area contributed by atoms with Crippen LogP contribution in [0.3, 0.4) is 0 Å². The van der Waals surface area contributed by atoms with Gasteiger partial charge in [-0.1, -0.05) is 108 Å². The number of hydrogen-bond acceptors (Lipinski definition) is 3. The zero-order valence-electron chi connectivity index (χ0n) is 24.3. The SMILES string of the molecule is CC(C)(C)c1ccc(CC(=O)CCCC2CCCCC2)cc1NC(=O)CC1c2ccccc2Oc2ccccc21. The monoisotopic (exact) mass is 537 g/mol. The van der Waals surface area contributed by atoms with Gasteiger partial charge < -0.3 is 10.1 Å². The van der Waals surface area contributed by atoms with E-state index in [1.165, 1.54) is 38.5 Å². The summed E-state index contributed by atoms with van der Waals surface area (Å²) in [6, 6.07) is 22.1. The summed E-state index contributed by atoms with van der Waals surface area (Å²) in [6.45, 7) is 6.46. The third-order valence-electron chi connectivity index (χ3n) is 8.56. The van der Waals surface area contributed by atoms with Crippen molar-refractivity contribution < 1.29 is 14.3 Å². The van der Waals surface area contributed by atoms with E-state index in [-0.39, 0.29) is 23.0 Å². The van der Waals surface area contributed by atoms with Crippen molar-refractivity contribution in [3.63, 3.8) is 0 Å². The molecule has 2 aliphatic rings. The number of carbonyl (C=O) groups is 2. The van der Waals surface area contributed by atoms with Crippen LogP contribution in [0.1, 0.15) is 107 Å². The van der Waals surface area contributed by atoms with Crippen molar-refractivity contribution in [3.05, 3.63) is 89.0 Å². The molecular weight excluding hydrogens is 494 g/mol. The van der Waals surface area contributed by atoms with E-state index in [4.69, 9.17) is 4.74 Å². The summed E-state index contributed by atoms with van der Waals surface area (Å²) in [7, 11) is 0. The van der Waals surface area contributed by atoms with Crippen LogP contribution in [-0.2, 0) is 21.4 Å². The number of fused-ring (bicyclic) bond motifs is 2. The fourth-order valence-electron chi connectivity index (χ4n) is 6.45. The van der Waals surface area contributed by atoms with Crippen molar-refractivity contribution in [1.82, 2.24) is 0 Å². The number of anilines is 1. The summed E-state index contributed by atoms with van der Waals surface area (Å²) in [5, 5.41) is 3.23. The van der Waals surface area contributed by atoms with E-state index in [9.17, 15) is 9.59 Å². The zero-order chi connectivity index (χ0) is 28.1. The maximum Gasteiger partial charge on any atom is 0.225 e. The van der Waals surface area contributed by atoms with Crippen molar-refractivity contribution in [1.29, 1.82) is 0 Å². The second-order valence-electron chi connectivity index (χ2n) is 12.7. The normalized spacial score (nSPS) is 15.6. The van der Waals surface area contributed by atoms with Gasteiger partial charge in [0.15, 0.2) is 0 Å². The summed E-state index contributed by atoms with van der Waals surface area (Å²) in [5.41, 5.74) is 4.75. The summed E-state index contributed by atoms with van der Waals surface area (Å²) in [5.74, 6) is 2.57. The molecule has 1 amide bonds. The minimum absolute atomic E-state index is 0.0436. The number of nitrogens with one attached hydrogen (secondary N) is 1. The molecule has 0 radical (unpaired) electrons. The molecule has 0 aromatic heterocycles. The average Bonchev–Trinajstić information content (AvgIpc) is 2.93. The Morgan fingerprint density at radius 1 is 0.875 bits per heavy atom. The quantitative estimate of drug-likeness (QED) is 0.296. The zero-order valence-corrected chi connectivity index (χ0v) is 24.3. The van der Waals surface area contributed by atoms with Crippen LogP contribution in [0.2, 0.25) is 0 Å². The number of amides is 1. The first kappa shape index (κ1) is 28.1. The minimum Gasteiger partial charge on any atom is -0.457 e. The molecule has 4 heteroatoms. The second-order valence-corrected chi connectivity index (χ2v) is 12.7. The summed E-state index contributed by atoms with van der Waals surface area (Å²) >= 11 is 0. The van der Waals surface area contributed by atoms with Gasteiger partial charge in [-0.25, -0.2) is 0 Å². The highest BCUT2D eigenvalue weighted by molar-refractivity contribution is 5.93. The van der Waals surface area contributed by atoms with Crippen LogP contribution >= 0.6 is 0 Å². The maximum atomic E-state index is 13.6. The largest absolute Gasteiger partial charge is 0.457 e. The number of rotatable bonds is 9. The molecule has 1 aliphatic carbocycles. The molecule has 0 saturated heterocycles. The van der Waals surface area contributed by atoms with Gasteiger partial charge in [0.1, 0.15) is 17.3 Å². The summed E-state index contributed by atoms with van der Waals surface area (Å²) in [4.78, 5) is 26.5. The molecule has 4 nitrogen and oxygen atoms in total. The maximum absolute atomic E-state index is 13.6. The minimum atomic E-state index is -0.150. The second kappa shape index (κ2) is 12.4. The highest BCUT2D eigenvalue weighted by Gasteiger charge is 2.29. The Morgan fingerprint density at radius 3 is 2.17 bits per heavy atom. The lowest BCUT2D eigenvalue weighted by Crippen LogP contribution is -2.22. The van der Waals surface area contributed by atoms with E-state index in [0.717, 1.165) is 51.8 Å². The highest BCUT2D eigenvalue weighted by atomic mass is 16.5. The van der Waals surface area contributed by atoms with E-state index in [0.29, 0.717) is 19.3 Å². The first-order valence-electron chi connectivity index (χ1n) is 15.1. The standard InChI is InChI=1S/C36H43NO3/c1-36(2,3)31-21-20-26(22-27(38)15-11-14-25-12-5-4-6-13-25)23-32(31)37-35(39)24-30-28-16-7-9-18-33(28)40-34-19-10-8-17-29(30)34/h7-10,16-21,23,25,30H,4-6,11-15,22,24H2,1-3H3,(H,37,39). The average molecular weight is 538 g/mol. The van der Waals surface area contributed by atoms with E-state index in [1.807, 2.05) is 54.6 Å². The van der Waals surface area contributed by atoms with Crippen LogP contribution in [0.4, 0.5) is 5.69 Å². The van der Waals surface area contributed by atoms with Crippen molar-refractivity contribution in [2.45, 2.75) is 96.3 Å². The molecule has 0 atom stereocenters. The van der Waals surface area contributed by atoms with Gasteiger partial charge in [-0.2, -0.15) is 0 Å². The topological polar surface area (TPSA) is 55.4 Å². The Labute approximate surface area is 239 Å². The molecule has 3 aromatic rings. The predicted molar refractivity (Wildman–Crippen MR) is 162 cm³/mol. The first-order chi connectivity index (χ1) is 19.3. The number of ketones is 1. The lowest BCUT2D eigenvalue weighted by Gasteiger charge is -2.28. The number of carbonyl (C=O) groups excluding carboxylic acids is 2. The van der Waals surface area contributed by atoms with E-state index in [2.05, 4.69) is 38.2 Å². The molecule has 0 bridgehead atoms. The van der Waals surface area contributed by atoms with Crippen LogP contribution < -0.4 is 10.1 Å². The van der Waals surface area contributed by atoms with Gasteiger partial charge in [0.05, 0.1) is 0 Å². The third-order valence-corrected chi connectivity index (χ3v) is 8.56. The van der Waals surface area contributed by atoms with Crippen molar-refractivity contribution in [2.75, 3.05) is 5.32 Å². The van der Waals surface area contributed by atoms with E-state index in [1.54, 1.807) is 0 Å². The Balaban J connectivity index is 1.28. The molecule has 1 saturated carbocycles. The Hall–Kier alpha value is -3.40. The van der Waals surface area contributed by atoms with Crippen molar-refractivity contribution in [2.24, 2.45) is 5.92 Å². The van der Waals surface area contributed by atoms with Crippen LogP contribution in [0, 0.1) is 5.92 Å². The number of hydrogen-bond donors (Lipinski definition) is 1. The fraction of sp³-hybridized carbons (Fsp3) is 0.444. The number of Topliss-reactive ketones (excluding diaryl/α,β-unsaturated/α-hetero) is 1. The van der Waals surface area contributed by atoms with E-state index < -0.39 is 0 Å². The van der Waals surface area contributed by atoms with Gasteiger partial charge in [-0.15, -0.1) is 0 Å². The molecular formula is C36H43NO3. The molecule has 40 heavy (non-hydrogen) atoms. The molecule has 5 rings (SSSR count). The molecule has 1 N–H and O–H groups in total. The Kier molecular flexibility index (Phi) is 8.73. The molecule has 0 unspecified atom stereocenters. The highest BCUT2D eigenvalue weighted by Crippen LogP contribution is 2.45. The predicted octanol–water partition coefficient (Wildman–Crippen LogP) is 9.11.